The van der Waals surface area contributed by atoms with E-state index in [0.717, 1.165) is 43.6 Å². The summed E-state index contributed by atoms with van der Waals surface area (Å²) in [6.45, 7) is 8.22. The first kappa shape index (κ1) is 18.1. The molecular formula is C16H27N7O. The standard InChI is InChI=1S/C16H27N7O/c1-4-7-11-12-13(22-15(20-11)19-9-10-24)14(17-6-3)23-16(21-12)18-8-5-2/h24H,4-10H2,1-3H3,(H,19,20,22)(H2,17,18,21,23). The van der Waals surface area contributed by atoms with E-state index in [-0.39, 0.29) is 6.61 Å². The largest absolute Gasteiger partial charge is 0.395 e. The second-order valence-electron chi connectivity index (χ2n) is 5.44. The third-order valence-electron chi connectivity index (χ3n) is 3.37. The lowest BCUT2D eigenvalue weighted by atomic mass is 10.2. The van der Waals surface area contributed by atoms with Crippen LogP contribution < -0.4 is 16.0 Å². The highest BCUT2D eigenvalue weighted by molar-refractivity contribution is 5.88. The molecule has 0 radical (unpaired) electrons. The minimum atomic E-state index is 0.0287. The molecule has 0 unspecified atom stereocenters. The quantitative estimate of drug-likeness (QED) is 0.523. The van der Waals surface area contributed by atoms with E-state index in [2.05, 4.69) is 49.7 Å². The Balaban J connectivity index is 2.56. The average Bonchev–Trinajstić information content (AvgIpc) is 2.59. The van der Waals surface area contributed by atoms with Crippen molar-refractivity contribution in [1.29, 1.82) is 0 Å². The van der Waals surface area contributed by atoms with Crippen molar-refractivity contribution < 1.29 is 5.11 Å². The van der Waals surface area contributed by atoms with Crippen molar-refractivity contribution in [3.63, 3.8) is 0 Å². The van der Waals surface area contributed by atoms with Gasteiger partial charge in [0.15, 0.2) is 5.82 Å². The van der Waals surface area contributed by atoms with Crippen LogP contribution in [-0.2, 0) is 6.42 Å². The molecular weight excluding hydrogens is 306 g/mol. The number of hydrogen-bond donors (Lipinski definition) is 4. The summed E-state index contributed by atoms with van der Waals surface area (Å²) >= 11 is 0. The number of fused-ring (bicyclic) bond motifs is 1. The number of aliphatic hydroxyl groups is 1. The number of hydrogen-bond acceptors (Lipinski definition) is 8. The fraction of sp³-hybridized carbons (Fsp3) is 0.625. The summed E-state index contributed by atoms with van der Waals surface area (Å²) < 4.78 is 0. The molecule has 24 heavy (non-hydrogen) atoms. The molecule has 0 spiro atoms. The molecule has 0 aliphatic heterocycles. The first-order valence-corrected chi connectivity index (χ1v) is 8.64. The molecule has 2 heterocycles. The normalized spacial score (nSPS) is 10.8. The maximum atomic E-state index is 9.01. The minimum absolute atomic E-state index is 0.0287. The van der Waals surface area contributed by atoms with E-state index in [1.54, 1.807) is 0 Å². The van der Waals surface area contributed by atoms with Crippen molar-refractivity contribution in [2.45, 2.75) is 40.0 Å². The Morgan fingerprint density at radius 2 is 1.50 bits per heavy atom. The van der Waals surface area contributed by atoms with Gasteiger partial charge in [0, 0.05) is 19.6 Å². The predicted molar refractivity (Wildman–Crippen MR) is 97.6 cm³/mol. The van der Waals surface area contributed by atoms with Crippen LogP contribution in [0.1, 0.15) is 39.3 Å². The SMILES string of the molecule is CCCNc1nc(NCC)c2nc(NCCO)nc(CCC)c2n1. The van der Waals surface area contributed by atoms with Crippen LogP contribution in [0.4, 0.5) is 17.7 Å². The highest BCUT2D eigenvalue weighted by Crippen LogP contribution is 2.24. The molecule has 0 aliphatic carbocycles. The molecule has 2 rings (SSSR count). The van der Waals surface area contributed by atoms with Crippen LogP contribution >= 0.6 is 0 Å². The lowest BCUT2D eigenvalue weighted by Gasteiger charge is -2.13. The van der Waals surface area contributed by atoms with E-state index in [1.165, 1.54) is 0 Å². The molecule has 0 saturated carbocycles. The number of rotatable bonds is 10. The zero-order valence-electron chi connectivity index (χ0n) is 14.7. The van der Waals surface area contributed by atoms with E-state index in [1.807, 2.05) is 6.92 Å². The van der Waals surface area contributed by atoms with Gasteiger partial charge in [0.05, 0.1) is 12.3 Å². The molecule has 0 aromatic carbocycles. The molecule has 0 amide bonds. The zero-order valence-corrected chi connectivity index (χ0v) is 14.7. The maximum Gasteiger partial charge on any atom is 0.225 e. The second kappa shape index (κ2) is 9.17. The van der Waals surface area contributed by atoms with Crippen molar-refractivity contribution in [3.05, 3.63) is 5.69 Å². The van der Waals surface area contributed by atoms with Crippen molar-refractivity contribution in [3.8, 4) is 0 Å². The monoisotopic (exact) mass is 333 g/mol. The van der Waals surface area contributed by atoms with Crippen LogP contribution in [0.5, 0.6) is 0 Å². The van der Waals surface area contributed by atoms with Crippen LogP contribution in [0.15, 0.2) is 0 Å². The van der Waals surface area contributed by atoms with Gasteiger partial charge in [-0.2, -0.15) is 4.98 Å². The molecule has 0 atom stereocenters. The van der Waals surface area contributed by atoms with Crippen molar-refractivity contribution >= 4 is 28.7 Å². The molecule has 8 heteroatoms. The molecule has 0 bridgehead atoms. The summed E-state index contributed by atoms with van der Waals surface area (Å²) in [5.74, 6) is 1.79. The highest BCUT2D eigenvalue weighted by atomic mass is 16.3. The molecule has 4 N–H and O–H groups in total. The first-order valence-electron chi connectivity index (χ1n) is 8.64. The van der Waals surface area contributed by atoms with Crippen LogP contribution in [0.3, 0.4) is 0 Å². The summed E-state index contributed by atoms with van der Waals surface area (Å²) in [6.07, 6.45) is 2.77. The van der Waals surface area contributed by atoms with Gasteiger partial charge >= 0.3 is 0 Å². The van der Waals surface area contributed by atoms with Crippen LogP contribution in [0.25, 0.3) is 11.0 Å². The topological polar surface area (TPSA) is 108 Å². The summed E-state index contributed by atoms with van der Waals surface area (Å²) in [6, 6.07) is 0. The zero-order chi connectivity index (χ0) is 17.4. The Kier molecular flexibility index (Phi) is 6.92. The maximum absolute atomic E-state index is 9.01. The van der Waals surface area contributed by atoms with Gasteiger partial charge in [-0.05, 0) is 19.8 Å². The smallest absolute Gasteiger partial charge is 0.225 e. The predicted octanol–water partition coefficient (Wildman–Crippen LogP) is 2.03. The second-order valence-corrected chi connectivity index (χ2v) is 5.44. The van der Waals surface area contributed by atoms with Gasteiger partial charge in [-0.1, -0.05) is 20.3 Å². The van der Waals surface area contributed by atoms with Gasteiger partial charge in [-0.25, -0.2) is 15.0 Å². The van der Waals surface area contributed by atoms with Crippen LogP contribution in [0.2, 0.25) is 0 Å². The van der Waals surface area contributed by atoms with Gasteiger partial charge in [0.2, 0.25) is 11.9 Å². The minimum Gasteiger partial charge on any atom is -0.395 e. The van der Waals surface area contributed by atoms with Gasteiger partial charge in [0.1, 0.15) is 11.0 Å². The Bertz CT molecular complexity index is 605. The average molecular weight is 333 g/mol. The lowest BCUT2D eigenvalue weighted by molar-refractivity contribution is 0.311. The van der Waals surface area contributed by atoms with Crippen molar-refractivity contribution in [2.75, 3.05) is 42.2 Å². The number of aryl methyl sites for hydroxylation is 1. The third kappa shape index (κ3) is 4.41. The van der Waals surface area contributed by atoms with E-state index in [4.69, 9.17) is 5.11 Å². The van der Waals surface area contributed by atoms with Gasteiger partial charge in [-0.3, -0.25) is 0 Å². The number of aromatic nitrogens is 4. The van der Waals surface area contributed by atoms with Crippen LogP contribution in [0, 0.1) is 0 Å². The Labute approximate surface area is 142 Å². The number of aliphatic hydroxyl groups excluding tert-OH is 1. The number of nitrogens with one attached hydrogen (secondary N) is 3. The molecule has 0 aliphatic rings. The number of nitrogens with zero attached hydrogens (tertiary/aromatic N) is 4. The Morgan fingerprint density at radius 1 is 0.792 bits per heavy atom. The molecule has 2 aromatic heterocycles. The fourth-order valence-electron chi connectivity index (χ4n) is 2.34. The summed E-state index contributed by atoms with van der Waals surface area (Å²) in [5.41, 5.74) is 2.37. The van der Waals surface area contributed by atoms with E-state index in [9.17, 15) is 0 Å². The first-order chi connectivity index (χ1) is 11.7. The fourth-order valence-corrected chi connectivity index (χ4v) is 2.34. The van der Waals surface area contributed by atoms with Crippen molar-refractivity contribution in [2.24, 2.45) is 0 Å². The summed E-state index contributed by atoms with van der Waals surface area (Å²) in [7, 11) is 0. The Hall–Kier alpha value is -2.22. The van der Waals surface area contributed by atoms with Gasteiger partial charge < -0.3 is 21.1 Å². The molecule has 2 aromatic rings. The number of anilines is 3. The van der Waals surface area contributed by atoms with E-state index >= 15 is 0 Å². The molecule has 0 saturated heterocycles. The molecule has 0 fully saturated rings. The third-order valence-corrected chi connectivity index (χ3v) is 3.37. The highest BCUT2D eigenvalue weighted by Gasteiger charge is 2.15. The Morgan fingerprint density at radius 3 is 2.17 bits per heavy atom. The molecule has 132 valence electrons. The van der Waals surface area contributed by atoms with Gasteiger partial charge in [-0.15, -0.1) is 0 Å². The van der Waals surface area contributed by atoms with E-state index in [0.29, 0.717) is 29.8 Å². The lowest BCUT2D eigenvalue weighted by Crippen LogP contribution is -2.13. The van der Waals surface area contributed by atoms with E-state index < -0.39 is 0 Å². The summed E-state index contributed by atoms with van der Waals surface area (Å²) in [4.78, 5) is 18.3. The van der Waals surface area contributed by atoms with Crippen LogP contribution in [-0.4, -0.2) is 51.3 Å². The van der Waals surface area contributed by atoms with Gasteiger partial charge in [0.25, 0.3) is 0 Å². The summed E-state index contributed by atoms with van der Waals surface area (Å²) in [5, 5.41) is 18.5. The molecule has 8 nitrogen and oxygen atoms in total. The van der Waals surface area contributed by atoms with Crippen molar-refractivity contribution in [1.82, 2.24) is 19.9 Å².